The molecule has 1 aromatic rings. The summed E-state index contributed by atoms with van der Waals surface area (Å²) in [6, 6.07) is 2.22. The van der Waals surface area contributed by atoms with Crippen LogP contribution >= 0.6 is 59.1 Å². The standard InChI is InChI=1S/C16H25Br3S/c1-2-3-4-5-6-7-8-9-10-11-13(17)15-12-14(18)16(19)20-15/h12-13H,2-11H2,1H3. The zero-order chi connectivity index (χ0) is 14.8. The van der Waals surface area contributed by atoms with E-state index in [2.05, 4.69) is 60.8 Å². The summed E-state index contributed by atoms with van der Waals surface area (Å²) in [6.07, 6.45) is 13.9. The van der Waals surface area contributed by atoms with Crippen LogP contribution in [0, 0.1) is 0 Å². The number of alkyl halides is 1. The molecule has 1 aromatic heterocycles. The van der Waals surface area contributed by atoms with Crippen molar-refractivity contribution < 1.29 is 0 Å². The van der Waals surface area contributed by atoms with Crippen LogP contribution in [0.4, 0.5) is 0 Å². The van der Waals surface area contributed by atoms with Gasteiger partial charge in [0, 0.05) is 14.2 Å². The Hall–Kier alpha value is 1.14. The van der Waals surface area contributed by atoms with Crippen LogP contribution < -0.4 is 0 Å². The average molecular weight is 489 g/mol. The molecule has 1 heterocycles. The molecule has 1 atom stereocenters. The van der Waals surface area contributed by atoms with Gasteiger partial charge < -0.3 is 0 Å². The van der Waals surface area contributed by atoms with Crippen molar-refractivity contribution in [2.45, 2.75) is 76.0 Å². The minimum Gasteiger partial charge on any atom is -0.131 e. The molecule has 116 valence electrons. The molecule has 0 saturated carbocycles. The van der Waals surface area contributed by atoms with Crippen molar-refractivity contribution in [1.29, 1.82) is 0 Å². The van der Waals surface area contributed by atoms with Crippen molar-refractivity contribution in [2.24, 2.45) is 0 Å². The Balaban J connectivity index is 2.01. The lowest BCUT2D eigenvalue weighted by atomic mass is 10.1. The van der Waals surface area contributed by atoms with E-state index in [1.54, 1.807) is 0 Å². The average Bonchev–Trinajstić information content (AvgIpc) is 2.77. The van der Waals surface area contributed by atoms with Gasteiger partial charge in [0.05, 0.1) is 3.79 Å². The zero-order valence-electron chi connectivity index (χ0n) is 12.3. The maximum Gasteiger partial charge on any atom is 0.0843 e. The highest BCUT2D eigenvalue weighted by Crippen LogP contribution is 2.40. The number of halogens is 3. The second-order valence-corrected chi connectivity index (χ2v) is 9.72. The van der Waals surface area contributed by atoms with Crippen molar-refractivity contribution >= 4 is 59.1 Å². The fourth-order valence-electron chi connectivity index (χ4n) is 2.29. The Morgan fingerprint density at radius 2 is 1.50 bits per heavy atom. The van der Waals surface area contributed by atoms with Crippen LogP contribution in [0.3, 0.4) is 0 Å². The normalized spacial score (nSPS) is 12.8. The highest BCUT2D eigenvalue weighted by Gasteiger charge is 2.12. The molecule has 1 rings (SSSR count). The summed E-state index contributed by atoms with van der Waals surface area (Å²) in [5.74, 6) is 0. The lowest BCUT2D eigenvalue weighted by molar-refractivity contribution is 0.556. The second kappa shape index (κ2) is 11.7. The van der Waals surface area contributed by atoms with E-state index >= 15 is 0 Å². The maximum absolute atomic E-state index is 3.81. The molecule has 0 bridgehead atoms. The molecule has 0 aliphatic carbocycles. The Labute approximate surface area is 153 Å². The summed E-state index contributed by atoms with van der Waals surface area (Å²) in [5, 5.41) is 0. The predicted molar refractivity (Wildman–Crippen MR) is 103 cm³/mol. The first-order chi connectivity index (χ1) is 9.65. The van der Waals surface area contributed by atoms with E-state index in [4.69, 9.17) is 0 Å². The van der Waals surface area contributed by atoms with Gasteiger partial charge >= 0.3 is 0 Å². The van der Waals surface area contributed by atoms with Crippen molar-refractivity contribution in [3.8, 4) is 0 Å². The molecule has 0 radical (unpaired) electrons. The third kappa shape index (κ3) is 7.95. The van der Waals surface area contributed by atoms with Crippen LogP contribution in [0.25, 0.3) is 0 Å². The van der Waals surface area contributed by atoms with E-state index in [0.29, 0.717) is 4.83 Å². The van der Waals surface area contributed by atoms with Gasteiger partial charge in [0.2, 0.25) is 0 Å². The van der Waals surface area contributed by atoms with E-state index in [9.17, 15) is 0 Å². The van der Waals surface area contributed by atoms with E-state index < -0.39 is 0 Å². The van der Waals surface area contributed by atoms with Crippen molar-refractivity contribution in [3.05, 3.63) is 19.2 Å². The van der Waals surface area contributed by atoms with Crippen LogP contribution in [0.15, 0.2) is 14.3 Å². The van der Waals surface area contributed by atoms with Gasteiger partial charge in [-0.1, -0.05) is 80.6 Å². The summed E-state index contributed by atoms with van der Waals surface area (Å²) in [4.78, 5) is 1.93. The molecule has 0 aliphatic rings. The highest BCUT2D eigenvalue weighted by molar-refractivity contribution is 9.13. The van der Waals surface area contributed by atoms with Crippen LogP contribution in [-0.2, 0) is 0 Å². The maximum atomic E-state index is 3.81. The predicted octanol–water partition coefficient (Wildman–Crippen LogP) is 8.63. The van der Waals surface area contributed by atoms with Crippen molar-refractivity contribution in [1.82, 2.24) is 0 Å². The molecule has 0 saturated heterocycles. The zero-order valence-corrected chi connectivity index (χ0v) is 17.8. The minimum atomic E-state index is 0.514. The summed E-state index contributed by atoms with van der Waals surface area (Å²) < 4.78 is 2.37. The number of rotatable bonds is 11. The van der Waals surface area contributed by atoms with Gasteiger partial charge in [-0.2, -0.15) is 0 Å². The lowest BCUT2D eigenvalue weighted by Crippen LogP contribution is -1.87. The first-order valence-electron chi connectivity index (χ1n) is 7.74. The smallest absolute Gasteiger partial charge is 0.0843 e. The molecule has 0 aromatic carbocycles. The van der Waals surface area contributed by atoms with Gasteiger partial charge in [-0.3, -0.25) is 0 Å². The number of hydrogen-bond acceptors (Lipinski definition) is 1. The largest absolute Gasteiger partial charge is 0.131 e. The lowest BCUT2D eigenvalue weighted by Gasteiger charge is -2.07. The van der Waals surface area contributed by atoms with Crippen molar-refractivity contribution in [3.63, 3.8) is 0 Å². The third-order valence-corrected chi connectivity index (χ3v) is 8.16. The molecule has 20 heavy (non-hydrogen) atoms. The van der Waals surface area contributed by atoms with Gasteiger partial charge in [-0.15, -0.1) is 11.3 Å². The van der Waals surface area contributed by atoms with E-state index in [-0.39, 0.29) is 0 Å². The van der Waals surface area contributed by atoms with Gasteiger partial charge in [-0.25, -0.2) is 0 Å². The Morgan fingerprint density at radius 3 is 2.00 bits per heavy atom. The summed E-state index contributed by atoms with van der Waals surface area (Å²) in [5.41, 5.74) is 0. The number of hydrogen-bond donors (Lipinski definition) is 0. The van der Waals surface area contributed by atoms with Crippen LogP contribution in [0.2, 0.25) is 0 Å². The van der Waals surface area contributed by atoms with Crippen LogP contribution in [-0.4, -0.2) is 0 Å². The van der Waals surface area contributed by atoms with Crippen LogP contribution in [0.5, 0.6) is 0 Å². The molecule has 1 unspecified atom stereocenters. The molecule has 0 spiro atoms. The number of thiophene rings is 1. The molecule has 0 nitrogen and oxygen atoms in total. The Kier molecular flexibility index (Phi) is 11.2. The first kappa shape index (κ1) is 19.2. The third-order valence-electron chi connectivity index (χ3n) is 3.53. The Morgan fingerprint density at radius 1 is 0.950 bits per heavy atom. The van der Waals surface area contributed by atoms with Gasteiger partial charge in [-0.05, 0) is 44.3 Å². The fraction of sp³-hybridized carbons (Fsp3) is 0.750. The van der Waals surface area contributed by atoms with E-state index in [1.807, 2.05) is 11.3 Å². The van der Waals surface area contributed by atoms with E-state index in [0.717, 1.165) is 0 Å². The van der Waals surface area contributed by atoms with Crippen molar-refractivity contribution in [2.75, 3.05) is 0 Å². The Bertz CT molecular complexity index is 343. The molecule has 0 fully saturated rings. The van der Waals surface area contributed by atoms with Gasteiger partial charge in [0.1, 0.15) is 0 Å². The SMILES string of the molecule is CCCCCCCCCCCC(Br)c1cc(Br)c(Br)s1. The van der Waals surface area contributed by atoms with Crippen LogP contribution in [0.1, 0.15) is 80.8 Å². The monoisotopic (exact) mass is 486 g/mol. The first-order valence-corrected chi connectivity index (χ1v) is 11.1. The molecular formula is C16H25Br3S. The highest BCUT2D eigenvalue weighted by atomic mass is 79.9. The second-order valence-electron chi connectivity index (χ2n) is 5.36. The number of unbranched alkanes of at least 4 members (excludes halogenated alkanes) is 8. The van der Waals surface area contributed by atoms with Gasteiger partial charge in [0.15, 0.2) is 0 Å². The molecule has 0 N–H and O–H groups in total. The van der Waals surface area contributed by atoms with Gasteiger partial charge in [0.25, 0.3) is 0 Å². The summed E-state index contributed by atoms with van der Waals surface area (Å²) >= 11 is 12.8. The molecule has 0 amide bonds. The quantitative estimate of drug-likeness (QED) is 0.216. The topological polar surface area (TPSA) is 0 Å². The van der Waals surface area contributed by atoms with E-state index in [1.165, 1.54) is 77.3 Å². The molecular weight excluding hydrogens is 464 g/mol. The summed E-state index contributed by atoms with van der Waals surface area (Å²) in [7, 11) is 0. The molecule has 0 aliphatic heterocycles. The minimum absolute atomic E-state index is 0.514. The fourth-order valence-corrected chi connectivity index (χ4v) is 5.13. The summed E-state index contributed by atoms with van der Waals surface area (Å²) in [6.45, 7) is 2.28. The molecule has 4 heteroatoms.